The van der Waals surface area contributed by atoms with Crippen LogP contribution in [0.1, 0.15) is 13.8 Å². The van der Waals surface area contributed by atoms with E-state index in [4.69, 9.17) is 5.73 Å². The van der Waals surface area contributed by atoms with Crippen molar-refractivity contribution in [2.24, 2.45) is 17.6 Å². The zero-order valence-electron chi connectivity index (χ0n) is 11.8. The number of rotatable bonds is 6. The predicted molar refractivity (Wildman–Crippen MR) is 78.3 cm³/mol. The Balaban J connectivity index is 2.50. The monoisotopic (exact) mass is 265 g/mol. The van der Waals surface area contributed by atoms with Crippen molar-refractivity contribution in [3.63, 3.8) is 0 Å². The Morgan fingerprint density at radius 2 is 1.84 bits per heavy atom. The topological polar surface area (TPSA) is 76.4 Å². The van der Waals surface area contributed by atoms with Crippen molar-refractivity contribution in [2.45, 2.75) is 13.8 Å². The van der Waals surface area contributed by atoms with Gasteiger partial charge in [-0.1, -0.05) is 13.8 Å². The molecule has 1 amide bonds. The van der Waals surface area contributed by atoms with Gasteiger partial charge in [0.15, 0.2) is 0 Å². The summed E-state index contributed by atoms with van der Waals surface area (Å²) < 4.78 is 4.52. The Morgan fingerprint density at radius 3 is 2.32 bits per heavy atom. The van der Waals surface area contributed by atoms with Crippen LogP contribution in [0.25, 0.3) is 0 Å². The number of nitrogens with one attached hydrogen (secondary N) is 2. The van der Waals surface area contributed by atoms with Crippen molar-refractivity contribution < 1.29 is 9.53 Å². The third-order valence-corrected chi connectivity index (χ3v) is 3.13. The quantitative estimate of drug-likeness (QED) is 0.738. The van der Waals surface area contributed by atoms with Crippen LogP contribution in [0.15, 0.2) is 24.3 Å². The minimum absolute atomic E-state index is 0.452. The second-order valence-electron chi connectivity index (χ2n) is 4.81. The minimum Gasteiger partial charge on any atom is -0.453 e. The third kappa shape index (κ3) is 5.18. The van der Waals surface area contributed by atoms with Crippen LogP contribution in [0.5, 0.6) is 0 Å². The lowest BCUT2D eigenvalue weighted by molar-refractivity contribution is 0.187. The second-order valence-corrected chi connectivity index (χ2v) is 4.81. The predicted octanol–water partition coefficient (Wildman–Crippen LogP) is 2.51. The fourth-order valence-corrected chi connectivity index (χ4v) is 1.68. The normalized spacial score (nSPS) is 12.1. The molecule has 4 N–H and O–H groups in total. The Bertz CT molecular complexity index is 390. The number of nitrogens with two attached hydrogens (primary N) is 1. The van der Waals surface area contributed by atoms with Crippen LogP contribution >= 0.6 is 0 Å². The summed E-state index contributed by atoms with van der Waals surface area (Å²) >= 11 is 0. The molecule has 0 heterocycles. The molecule has 1 rings (SSSR count). The zero-order valence-corrected chi connectivity index (χ0v) is 11.8. The van der Waals surface area contributed by atoms with E-state index in [1.807, 2.05) is 24.3 Å². The largest absolute Gasteiger partial charge is 0.453 e. The highest BCUT2D eigenvalue weighted by atomic mass is 16.5. The molecule has 0 fully saturated rings. The summed E-state index contributed by atoms with van der Waals surface area (Å²) in [6, 6.07) is 7.48. The summed E-state index contributed by atoms with van der Waals surface area (Å²) in [5, 5.41) is 5.95. The fourth-order valence-electron chi connectivity index (χ4n) is 1.68. The summed E-state index contributed by atoms with van der Waals surface area (Å²) in [6.07, 6.45) is -0.469. The van der Waals surface area contributed by atoms with Gasteiger partial charge in [-0.05, 0) is 42.6 Å². The summed E-state index contributed by atoms with van der Waals surface area (Å²) in [4.78, 5) is 11.0. The SMILES string of the molecule is COC(=O)Nc1ccc(NCC(CN)C(C)C)cc1. The molecule has 19 heavy (non-hydrogen) atoms. The Kier molecular flexibility index (Phi) is 6.15. The molecule has 1 atom stereocenters. The standard InChI is InChI=1S/C14H23N3O2/c1-10(2)11(8-15)9-16-12-4-6-13(7-5-12)17-14(18)19-3/h4-7,10-11,16H,8-9,15H2,1-3H3,(H,17,18). The van der Waals surface area contributed by atoms with Crippen LogP contribution in [0.4, 0.5) is 16.2 Å². The van der Waals surface area contributed by atoms with Gasteiger partial charge in [-0.2, -0.15) is 0 Å². The highest BCUT2D eigenvalue weighted by molar-refractivity contribution is 5.84. The van der Waals surface area contributed by atoms with Crippen molar-refractivity contribution >= 4 is 17.5 Å². The number of hydrogen-bond donors (Lipinski definition) is 3. The molecule has 106 valence electrons. The summed E-state index contributed by atoms with van der Waals surface area (Å²) in [6.45, 7) is 5.86. The van der Waals surface area contributed by atoms with Gasteiger partial charge in [0.1, 0.15) is 0 Å². The molecule has 5 heteroatoms. The van der Waals surface area contributed by atoms with Gasteiger partial charge in [0, 0.05) is 17.9 Å². The van der Waals surface area contributed by atoms with Crippen molar-refractivity contribution in [2.75, 3.05) is 30.8 Å². The number of hydrogen-bond acceptors (Lipinski definition) is 4. The van der Waals surface area contributed by atoms with Crippen LogP contribution < -0.4 is 16.4 Å². The molecule has 0 bridgehead atoms. The number of ether oxygens (including phenoxy) is 1. The maximum Gasteiger partial charge on any atom is 0.411 e. The molecule has 1 aromatic rings. The number of methoxy groups -OCH3 is 1. The van der Waals surface area contributed by atoms with E-state index in [9.17, 15) is 4.79 Å². The van der Waals surface area contributed by atoms with Gasteiger partial charge in [-0.25, -0.2) is 4.79 Å². The van der Waals surface area contributed by atoms with E-state index in [-0.39, 0.29) is 0 Å². The molecule has 0 aliphatic carbocycles. The minimum atomic E-state index is -0.469. The van der Waals surface area contributed by atoms with Crippen molar-refractivity contribution in [1.29, 1.82) is 0 Å². The molecule has 0 saturated heterocycles. The van der Waals surface area contributed by atoms with Gasteiger partial charge in [0.2, 0.25) is 0 Å². The molecule has 0 aromatic heterocycles. The fraction of sp³-hybridized carbons (Fsp3) is 0.500. The number of carbonyl (C=O) groups is 1. The van der Waals surface area contributed by atoms with Gasteiger partial charge in [0.25, 0.3) is 0 Å². The van der Waals surface area contributed by atoms with Crippen molar-refractivity contribution in [3.05, 3.63) is 24.3 Å². The molecule has 1 unspecified atom stereocenters. The molecule has 0 saturated carbocycles. The Morgan fingerprint density at radius 1 is 1.26 bits per heavy atom. The van der Waals surface area contributed by atoms with Crippen molar-refractivity contribution in [3.8, 4) is 0 Å². The molecule has 0 spiro atoms. The van der Waals surface area contributed by atoms with E-state index < -0.39 is 6.09 Å². The molecule has 0 aliphatic heterocycles. The second kappa shape index (κ2) is 7.63. The van der Waals surface area contributed by atoms with Gasteiger partial charge < -0.3 is 15.8 Å². The van der Waals surface area contributed by atoms with Crippen LogP contribution in [-0.4, -0.2) is 26.3 Å². The van der Waals surface area contributed by atoms with Crippen LogP contribution in [-0.2, 0) is 4.74 Å². The lowest BCUT2D eigenvalue weighted by Crippen LogP contribution is -2.27. The average Bonchev–Trinajstić information content (AvgIpc) is 2.40. The summed E-state index contributed by atoms with van der Waals surface area (Å²) in [7, 11) is 1.34. The maximum absolute atomic E-state index is 11.0. The highest BCUT2D eigenvalue weighted by Crippen LogP contribution is 2.16. The molecule has 5 nitrogen and oxygen atoms in total. The first-order valence-electron chi connectivity index (χ1n) is 6.45. The first-order valence-corrected chi connectivity index (χ1v) is 6.45. The molecule has 0 aliphatic rings. The molecule has 0 radical (unpaired) electrons. The van der Waals surface area contributed by atoms with Crippen LogP contribution in [0.2, 0.25) is 0 Å². The molecule has 1 aromatic carbocycles. The smallest absolute Gasteiger partial charge is 0.411 e. The van der Waals surface area contributed by atoms with E-state index in [2.05, 4.69) is 29.2 Å². The first kappa shape index (κ1) is 15.3. The van der Waals surface area contributed by atoms with Crippen molar-refractivity contribution in [1.82, 2.24) is 0 Å². The van der Waals surface area contributed by atoms with E-state index in [1.54, 1.807) is 0 Å². The zero-order chi connectivity index (χ0) is 14.3. The van der Waals surface area contributed by atoms with E-state index in [0.29, 0.717) is 24.1 Å². The van der Waals surface area contributed by atoms with Gasteiger partial charge in [0.05, 0.1) is 7.11 Å². The van der Waals surface area contributed by atoms with E-state index >= 15 is 0 Å². The molecular formula is C14H23N3O2. The van der Waals surface area contributed by atoms with Gasteiger partial charge in [-0.15, -0.1) is 0 Å². The Labute approximate surface area is 114 Å². The summed E-state index contributed by atoms with van der Waals surface area (Å²) in [5.74, 6) is 1.01. The van der Waals surface area contributed by atoms with E-state index in [0.717, 1.165) is 12.2 Å². The summed E-state index contributed by atoms with van der Waals surface area (Å²) in [5.41, 5.74) is 7.44. The maximum atomic E-state index is 11.0. The van der Waals surface area contributed by atoms with Crippen LogP contribution in [0, 0.1) is 11.8 Å². The Hall–Kier alpha value is -1.75. The van der Waals surface area contributed by atoms with Gasteiger partial charge >= 0.3 is 6.09 Å². The van der Waals surface area contributed by atoms with Gasteiger partial charge in [-0.3, -0.25) is 5.32 Å². The van der Waals surface area contributed by atoms with Crippen LogP contribution in [0.3, 0.4) is 0 Å². The molecular weight excluding hydrogens is 242 g/mol. The number of anilines is 2. The number of carbonyl (C=O) groups excluding carboxylic acids is 1. The lowest BCUT2D eigenvalue weighted by atomic mass is 9.96. The average molecular weight is 265 g/mol. The lowest BCUT2D eigenvalue weighted by Gasteiger charge is -2.20. The first-order chi connectivity index (χ1) is 9.06. The highest BCUT2D eigenvalue weighted by Gasteiger charge is 2.10. The third-order valence-electron chi connectivity index (χ3n) is 3.13. The number of benzene rings is 1. The van der Waals surface area contributed by atoms with E-state index in [1.165, 1.54) is 7.11 Å². The number of amides is 1.